The first kappa shape index (κ1) is 12.5. The second kappa shape index (κ2) is 4.52. The maximum atomic E-state index is 12.1. The molecule has 2 unspecified atom stereocenters. The minimum atomic E-state index is 0.255. The van der Waals surface area contributed by atoms with Crippen molar-refractivity contribution in [3.63, 3.8) is 0 Å². The predicted octanol–water partition coefficient (Wildman–Crippen LogP) is 2.12. The Bertz CT molecular complexity index is 335. The molecule has 18 heavy (non-hydrogen) atoms. The predicted molar refractivity (Wildman–Crippen MR) is 72.3 cm³/mol. The summed E-state index contributed by atoms with van der Waals surface area (Å²) in [6, 6.07) is 0.801. The second-order valence-electron chi connectivity index (χ2n) is 6.84. The molecule has 0 aromatic carbocycles. The molecule has 3 heteroatoms. The molecule has 2 saturated carbocycles. The van der Waals surface area contributed by atoms with Crippen molar-refractivity contribution in [3.8, 4) is 0 Å². The Balaban J connectivity index is 1.65. The summed E-state index contributed by atoms with van der Waals surface area (Å²) in [6.45, 7) is 2.24. The average Bonchev–Trinajstić information content (AvgIpc) is 3.00. The van der Waals surface area contributed by atoms with Gasteiger partial charge in [0, 0.05) is 26.7 Å². The topological polar surface area (TPSA) is 23.6 Å². The number of rotatable bonds is 2. The fourth-order valence-electron chi connectivity index (χ4n) is 4.29. The Morgan fingerprint density at radius 1 is 1.17 bits per heavy atom. The summed E-state index contributed by atoms with van der Waals surface area (Å²) in [6.07, 6.45) is 9.42. The van der Waals surface area contributed by atoms with Gasteiger partial charge in [-0.15, -0.1) is 0 Å². The molecule has 2 atom stereocenters. The average molecular weight is 250 g/mol. The van der Waals surface area contributed by atoms with Crippen LogP contribution in [0.1, 0.15) is 44.9 Å². The molecular weight excluding hydrogens is 224 g/mol. The van der Waals surface area contributed by atoms with Crippen LogP contribution in [0.4, 0.5) is 0 Å². The summed E-state index contributed by atoms with van der Waals surface area (Å²) >= 11 is 0. The lowest BCUT2D eigenvalue weighted by Gasteiger charge is -2.39. The summed E-state index contributed by atoms with van der Waals surface area (Å²) in [5.74, 6) is 0.590. The third-order valence-corrected chi connectivity index (χ3v) is 5.43. The quantitative estimate of drug-likeness (QED) is 0.749. The summed E-state index contributed by atoms with van der Waals surface area (Å²) in [4.78, 5) is 16.6. The van der Waals surface area contributed by atoms with Crippen molar-refractivity contribution >= 4 is 5.91 Å². The van der Waals surface area contributed by atoms with Gasteiger partial charge in [-0.2, -0.15) is 0 Å². The summed E-state index contributed by atoms with van der Waals surface area (Å²) in [5.41, 5.74) is 0.684. The van der Waals surface area contributed by atoms with Crippen molar-refractivity contribution in [3.05, 3.63) is 0 Å². The largest absolute Gasteiger partial charge is 0.349 e. The first-order valence-electron chi connectivity index (χ1n) is 7.58. The van der Waals surface area contributed by atoms with Gasteiger partial charge in [0.25, 0.3) is 0 Å². The Labute approximate surface area is 111 Å². The Hall–Kier alpha value is -0.570. The summed E-state index contributed by atoms with van der Waals surface area (Å²) in [7, 11) is 3.78. The number of likely N-dealkylation sites (tertiary alicyclic amines) is 1. The standard InChI is InChI=1S/C15H26N2O/c1-16(2)14(18)12-5-4-10-17(11-12)13-6-3-7-15(13)8-9-15/h12-13H,3-11H2,1-2H3. The van der Waals surface area contributed by atoms with E-state index in [4.69, 9.17) is 0 Å². The number of hydrogen-bond donors (Lipinski definition) is 0. The van der Waals surface area contributed by atoms with Gasteiger partial charge >= 0.3 is 0 Å². The Morgan fingerprint density at radius 2 is 1.94 bits per heavy atom. The van der Waals surface area contributed by atoms with Crippen molar-refractivity contribution in [1.82, 2.24) is 9.80 Å². The summed E-state index contributed by atoms with van der Waals surface area (Å²) < 4.78 is 0. The third-order valence-electron chi connectivity index (χ3n) is 5.43. The monoisotopic (exact) mass is 250 g/mol. The van der Waals surface area contributed by atoms with E-state index < -0.39 is 0 Å². The fourth-order valence-corrected chi connectivity index (χ4v) is 4.29. The van der Waals surface area contributed by atoms with Crippen LogP contribution in [-0.4, -0.2) is 48.9 Å². The molecule has 0 aromatic rings. The second-order valence-corrected chi connectivity index (χ2v) is 6.84. The highest BCUT2D eigenvalue weighted by Crippen LogP contribution is 2.59. The van der Waals surface area contributed by atoms with Gasteiger partial charge in [0.2, 0.25) is 5.91 Å². The van der Waals surface area contributed by atoms with E-state index in [-0.39, 0.29) is 5.92 Å². The number of carbonyl (C=O) groups is 1. The van der Waals surface area contributed by atoms with E-state index in [2.05, 4.69) is 4.90 Å². The van der Waals surface area contributed by atoms with E-state index in [0.717, 1.165) is 19.0 Å². The van der Waals surface area contributed by atoms with E-state index in [1.807, 2.05) is 14.1 Å². The van der Waals surface area contributed by atoms with Crippen LogP contribution in [0.2, 0.25) is 0 Å². The van der Waals surface area contributed by atoms with E-state index in [0.29, 0.717) is 11.3 Å². The SMILES string of the molecule is CN(C)C(=O)C1CCCN(C2CCCC23CC3)C1. The van der Waals surface area contributed by atoms with Crippen molar-refractivity contribution in [2.45, 2.75) is 51.0 Å². The Kier molecular flexibility index (Phi) is 3.13. The van der Waals surface area contributed by atoms with Crippen LogP contribution in [0.3, 0.4) is 0 Å². The van der Waals surface area contributed by atoms with Crippen LogP contribution in [-0.2, 0) is 4.79 Å². The lowest BCUT2D eigenvalue weighted by molar-refractivity contribution is -0.135. The molecule has 3 fully saturated rings. The molecule has 1 saturated heterocycles. The van der Waals surface area contributed by atoms with Gasteiger partial charge in [0.1, 0.15) is 0 Å². The first-order valence-corrected chi connectivity index (χ1v) is 7.58. The van der Waals surface area contributed by atoms with Crippen LogP contribution in [0.15, 0.2) is 0 Å². The van der Waals surface area contributed by atoms with E-state index in [1.165, 1.54) is 45.1 Å². The molecule has 0 radical (unpaired) electrons. The lowest BCUT2D eigenvalue weighted by Crippen LogP contribution is -2.48. The van der Waals surface area contributed by atoms with Crippen molar-refractivity contribution < 1.29 is 4.79 Å². The van der Waals surface area contributed by atoms with Crippen molar-refractivity contribution in [2.24, 2.45) is 11.3 Å². The van der Waals surface area contributed by atoms with Gasteiger partial charge in [-0.3, -0.25) is 9.69 Å². The number of hydrogen-bond acceptors (Lipinski definition) is 2. The number of amides is 1. The van der Waals surface area contributed by atoms with Gasteiger partial charge in [-0.1, -0.05) is 6.42 Å². The highest BCUT2D eigenvalue weighted by Gasteiger charge is 2.54. The number of piperidine rings is 1. The lowest BCUT2D eigenvalue weighted by atomic mass is 9.91. The molecule has 102 valence electrons. The minimum Gasteiger partial charge on any atom is -0.349 e. The zero-order valence-electron chi connectivity index (χ0n) is 11.8. The number of nitrogens with zero attached hydrogens (tertiary/aromatic N) is 2. The molecule has 3 aliphatic rings. The maximum Gasteiger partial charge on any atom is 0.226 e. The maximum absolute atomic E-state index is 12.1. The Morgan fingerprint density at radius 3 is 2.61 bits per heavy atom. The van der Waals surface area contributed by atoms with Gasteiger partial charge in [0.05, 0.1) is 5.92 Å². The van der Waals surface area contributed by atoms with Crippen LogP contribution in [0, 0.1) is 11.3 Å². The smallest absolute Gasteiger partial charge is 0.226 e. The number of carbonyl (C=O) groups excluding carboxylic acids is 1. The molecule has 1 aliphatic heterocycles. The van der Waals surface area contributed by atoms with Crippen molar-refractivity contribution in [2.75, 3.05) is 27.2 Å². The van der Waals surface area contributed by atoms with Crippen LogP contribution in [0.25, 0.3) is 0 Å². The highest BCUT2D eigenvalue weighted by atomic mass is 16.2. The van der Waals surface area contributed by atoms with E-state index >= 15 is 0 Å². The molecular formula is C15H26N2O. The molecule has 1 heterocycles. The van der Waals surface area contributed by atoms with Gasteiger partial charge in [-0.05, 0) is 50.5 Å². The molecule has 2 aliphatic carbocycles. The molecule has 0 aromatic heterocycles. The highest BCUT2D eigenvalue weighted by molar-refractivity contribution is 5.78. The minimum absolute atomic E-state index is 0.255. The molecule has 1 spiro atoms. The van der Waals surface area contributed by atoms with E-state index in [9.17, 15) is 4.79 Å². The molecule has 1 amide bonds. The molecule has 0 bridgehead atoms. The molecule has 3 rings (SSSR count). The van der Waals surface area contributed by atoms with Gasteiger partial charge < -0.3 is 4.90 Å². The molecule has 0 N–H and O–H groups in total. The zero-order chi connectivity index (χ0) is 12.8. The normalized spacial score (nSPS) is 34.8. The van der Waals surface area contributed by atoms with Crippen LogP contribution in [0.5, 0.6) is 0 Å². The van der Waals surface area contributed by atoms with Crippen LogP contribution >= 0.6 is 0 Å². The fraction of sp³-hybridized carbons (Fsp3) is 0.933. The van der Waals surface area contributed by atoms with Crippen molar-refractivity contribution in [1.29, 1.82) is 0 Å². The van der Waals surface area contributed by atoms with Gasteiger partial charge in [-0.25, -0.2) is 0 Å². The van der Waals surface area contributed by atoms with E-state index in [1.54, 1.807) is 4.90 Å². The third kappa shape index (κ3) is 2.07. The first-order chi connectivity index (χ1) is 8.62. The van der Waals surface area contributed by atoms with Gasteiger partial charge in [0.15, 0.2) is 0 Å². The zero-order valence-corrected chi connectivity index (χ0v) is 11.8. The summed E-state index contributed by atoms with van der Waals surface area (Å²) in [5, 5.41) is 0. The molecule has 3 nitrogen and oxygen atoms in total. The van der Waals surface area contributed by atoms with Crippen LogP contribution < -0.4 is 0 Å².